The van der Waals surface area contributed by atoms with Crippen LogP contribution < -0.4 is 9.47 Å². The Balaban J connectivity index is 2.07. The number of unbranched alkanes of at least 4 members (excludes halogenated alkanes) is 1. The van der Waals surface area contributed by atoms with Crippen LogP contribution in [0.2, 0.25) is 0 Å². The van der Waals surface area contributed by atoms with Crippen LogP contribution in [0.5, 0.6) is 17.2 Å². The molecule has 0 amide bonds. The first-order valence-corrected chi connectivity index (χ1v) is 7.67. The van der Waals surface area contributed by atoms with Gasteiger partial charge in [0.1, 0.15) is 17.2 Å². The zero-order valence-corrected chi connectivity index (χ0v) is 13.4. The first-order chi connectivity index (χ1) is 10.2. The average Bonchev–Trinajstić information content (AvgIpc) is 2.48. The highest BCUT2D eigenvalue weighted by Crippen LogP contribution is 2.28. The molecule has 0 saturated carbocycles. The van der Waals surface area contributed by atoms with Gasteiger partial charge in [-0.15, -0.1) is 0 Å². The third kappa shape index (κ3) is 4.60. The Hall–Kier alpha value is -1.81. The lowest BCUT2D eigenvalue weighted by Crippen LogP contribution is -1.96. The van der Waals surface area contributed by atoms with Gasteiger partial charge in [0.25, 0.3) is 0 Å². The second kappa shape index (κ2) is 7.84. The number of rotatable bonds is 7. The van der Waals surface area contributed by atoms with Gasteiger partial charge in [-0.2, -0.15) is 0 Å². The van der Waals surface area contributed by atoms with Gasteiger partial charge in [0.2, 0.25) is 0 Å². The van der Waals surface area contributed by atoms with Gasteiger partial charge in [0, 0.05) is 16.1 Å². The van der Waals surface area contributed by atoms with E-state index in [9.17, 15) is 4.79 Å². The van der Waals surface area contributed by atoms with Gasteiger partial charge in [0.15, 0.2) is 6.29 Å². The minimum Gasteiger partial charge on any atom is -0.493 e. The predicted octanol–water partition coefficient (Wildman–Crippen LogP) is 5.23. The van der Waals surface area contributed by atoms with Crippen LogP contribution in [-0.2, 0) is 0 Å². The maximum atomic E-state index is 10.8. The summed E-state index contributed by atoms with van der Waals surface area (Å²) in [6, 6.07) is 12.8. The second-order valence-corrected chi connectivity index (χ2v) is 5.43. The molecular weight excluding hydrogens is 332 g/mol. The van der Waals surface area contributed by atoms with Crippen molar-refractivity contribution in [3.63, 3.8) is 0 Å². The normalized spacial score (nSPS) is 10.2. The van der Waals surface area contributed by atoms with Gasteiger partial charge >= 0.3 is 0 Å². The summed E-state index contributed by atoms with van der Waals surface area (Å²) in [7, 11) is 0. The zero-order chi connectivity index (χ0) is 15.1. The van der Waals surface area contributed by atoms with E-state index >= 15 is 0 Å². The molecule has 0 saturated heterocycles. The van der Waals surface area contributed by atoms with Gasteiger partial charge in [-0.1, -0.05) is 19.4 Å². The molecule has 0 heterocycles. The van der Waals surface area contributed by atoms with Crippen LogP contribution >= 0.6 is 15.9 Å². The molecule has 0 N–H and O–H groups in total. The van der Waals surface area contributed by atoms with Gasteiger partial charge in [-0.25, -0.2) is 0 Å². The Bertz CT molecular complexity index is 611. The van der Waals surface area contributed by atoms with Gasteiger partial charge in [0.05, 0.1) is 6.61 Å². The number of benzene rings is 2. The first kappa shape index (κ1) is 15.6. The fourth-order valence-electron chi connectivity index (χ4n) is 1.76. The molecule has 2 aromatic carbocycles. The number of aldehydes is 1. The van der Waals surface area contributed by atoms with Crippen LogP contribution in [0, 0.1) is 0 Å². The molecule has 0 radical (unpaired) electrons. The Morgan fingerprint density at radius 1 is 1.10 bits per heavy atom. The quantitative estimate of drug-likeness (QED) is 0.507. The van der Waals surface area contributed by atoms with Crippen LogP contribution in [0.3, 0.4) is 0 Å². The number of halogens is 1. The van der Waals surface area contributed by atoms with E-state index in [1.54, 1.807) is 18.2 Å². The van der Waals surface area contributed by atoms with E-state index in [-0.39, 0.29) is 0 Å². The number of hydrogen-bond donors (Lipinski definition) is 0. The van der Waals surface area contributed by atoms with Crippen LogP contribution in [0.1, 0.15) is 30.1 Å². The molecule has 0 aliphatic rings. The van der Waals surface area contributed by atoms with Gasteiger partial charge < -0.3 is 9.47 Å². The monoisotopic (exact) mass is 348 g/mol. The average molecular weight is 349 g/mol. The summed E-state index contributed by atoms with van der Waals surface area (Å²) in [5, 5.41) is 0. The molecule has 0 aromatic heterocycles. The van der Waals surface area contributed by atoms with Crippen LogP contribution in [-0.4, -0.2) is 12.9 Å². The topological polar surface area (TPSA) is 35.5 Å². The molecule has 110 valence electrons. The van der Waals surface area contributed by atoms with Crippen molar-refractivity contribution in [1.82, 2.24) is 0 Å². The first-order valence-electron chi connectivity index (χ1n) is 6.88. The Kier molecular flexibility index (Phi) is 5.81. The van der Waals surface area contributed by atoms with E-state index in [0.717, 1.165) is 24.9 Å². The van der Waals surface area contributed by atoms with Crippen LogP contribution in [0.4, 0.5) is 0 Å². The van der Waals surface area contributed by atoms with Crippen molar-refractivity contribution in [2.45, 2.75) is 19.8 Å². The van der Waals surface area contributed by atoms with E-state index in [0.29, 0.717) is 28.1 Å². The summed E-state index contributed by atoms with van der Waals surface area (Å²) < 4.78 is 12.1. The predicted molar refractivity (Wildman–Crippen MR) is 86.4 cm³/mol. The molecule has 0 unspecified atom stereocenters. The molecule has 0 bridgehead atoms. The zero-order valence-electron chi connectivity index (χ0n) is 11.8. The van der Waals surface area contributed by atoms with E-state index < -0.39 is 0 Å². The molecule has 4 heteroatoms. The minimum absolute atomic E-state index is 0.596. The molecule has 21 heavy (non-hydrogen) atoms. The Labute approximate surface area is 133 Å². The number of carbonyl (C=O) groups excluding carboxylic acids is 1. The van der Waals surface area contributed by atoms with Gasteiger partial charge in [-0.3, -0.25) is 4.79 Å². The fraction of sp³-hybridized carbons (Fsp3) is 0.235. The summed E-state index contributed by atoms with van der Waals surface area (Å²) in [5.41, 5.74) is 0.596. The number of hydrogen-bond acceptors (Lipinski definition) is 3. The maximum Gasteiger partial charge on any atom is 0.151 e. The summed E-state index contributed by atoms with van der Waals surface area (Å²) in [6.07, 6.45) is 2.94. The fourth-order valence-corrected chi connectivity index (χ4v) is 2.22. The summed E-state index contributed by atoms with van der Waals surface area (Å²) in [5.74, 6) is 2.16. The number of ether oxygens (including phenoxy) is 2. The molecule has 0 aliphatic carbocycles. The van der Waals surface area contributed by atoms with E-state index in [1.165, 1.54) is 0 Å². The lowest BCUT2D eigenvalue weighted by atomic mass is 10.2. The smallest absolute Gasteiger partial charge is 0.151 e. The standard InChI is InChI=1S/C17H17BrO3/c1-2-3-9-20-14-5-4-6-15(10-14)21-16-8-7-13(12-19)17(18)11-16/h4-8,10-12H,2-3,9H2,1H3. The van der Waals surface area contributed by atoms with E-state index in [2.05, 4.69) is 22.9 Å². The van der Waals surface area contributed by atoms with Crippen molar-refractivity contribution in [2.75, 3.05) is 6.61 Å². The van der Waals surface area contributed by atoms with Crippen molar-refractivity contribution in [3.8, 4) is 17.2 Å². The highest BCUT2D eigenvalue weighted by atomic mass is 79.9. The SMILES string of the molecule is CCCCOc1cccc(Oc2ccc(C=O)c(Br)c2)c1. The minimum atomic E-state index is 0.596. The second-order valence-electron chi connectivity index (χ2n) is 4.58. The van der Waals surface area contributed by atoms with Crippen LogP contribution in [0.25, 0.3) is 0 Å². The van der Waals surface area contributed by atoms with Crippen molar-refractivity contribution in [2.24, 2.45) is 0 Å². The summed E-state index contributed by atoms with van der Waals surface area (Å²) in [6.45, 7) is 2.84. The molecule has 0 fully saturated rings. The van der Waals surface area contributed by atoms with E-state index in [4.69, 9.17) is 9.47 Å². The van der Waals surface area contributed by atoms with Crippen molar-refractivity contribution in [3.05, 3.63) is 52.5 Å². The lowest BCUT2D eigenvalue weighted by Gasteiger charge is -2.09. The van der Waals surface area contributed by atoms with Crippen molar-refractivity contribution >= 4 is 22.2 Å². The molecule has 2 aromatic rings. The Morgan fingerprint density at radius 3 is 2.57 bits per heavy atom. The summed E-state index contributed by atoms with van der Waals surface area (Å²) >= 11 is 3.34. The molecule has 0 spiro atoms. The molecular formula is C17H17BrO3. The highest BCUT2D eigenvalue weighted by Gasteiger charge is 2.04. The lowest BCUT2D eigenvalue weighted by molar-refractivity contribution is 0.112. The summed E-state index contributed by atoms with van der Waals surface area (Å²) in [4.78, 5) is 10.8. The maximum absolute atomic E-state index is 10.8. The van der Waals surface area contributed by atoms with Crippen molar-refractivity contribution < 1.29 is 14.3 Å². The molecule has 2 rings (SSSR count). The molecule has 0 atom stereocenters. The van der Waals surface area contributed by atoms with Gasteiger partial charge in [-0.05, 0) is 52.7 Å². The third-order valence-electron chi connectivity index (χ3n) is 2.91. The van der Waals surface area contributed by atoms with E-state index in [1.807, 2.05) is 24.3 Å². The Morgan fingerprint density at radius 2 is 1.86 bits per heavy atom. The largest absolute Gasteiger partial charge is 0.493 e. The van der Waals surface area contributed by atoms with Crippen LogP contribution in [0.15, 0.2) is 46.9 Å². The third-order valence-corrected chi connectivity index (χ3v) is 3.59. The molecule has 0 aliphatic heterocycles. The molecule has 3 nitrogen and oxygen atoms in total. The number of carbonyl (C=O) groups is 1. The highest BCUT2D eigenvalue weighted by molar-refractivity contribution is 9.10. The van der Waals surface area contributed by atoms with Crippen molar-refractivity contribution in [1.29, 1.82) is 0 Å².